The molecule has 0 spiro atoms. The number of pyridine rings is 2. The molecule has 210 valence electrons. The lowest BCUT2D eigenvalue weighted by Gasteiger charge is -2.37. The first-order valence-electron chi connectivity index (χ1n) is 12.2. The summed E-state index contributed by atoms with van der Waals surface area (Å²) in [6.45, 7) is 0. The van der Waals surface area contributed by atoms with Crippen molar-refractivity contribution in [2.45, 2.75) is 31.3 Å². The number of rotatable bonds is 6. The van der Waals surface area contributed by atoms with Crippen molar-refractivity contribution < 1.29 is 19.2 Å². The van der Waals surface area contributed by atoms with Gasteiger partial charge in [-0.3, -0.25) is 24.2 Å². The van der Waals surface area contributed by atoms with Crippen molar-refractivity contribution in [1.29, 1.82) is 0 Å². The SMILES string of the molecule is CN(C)C(=O)[C@H]1CC[C@H](NC(=O)C(=O)Nc2ccc(Cl)cn2)[C@H](NC(=O)c2ncc(-c3ccncc3)cn2)C1.Cl. The molecule has 12 nitrogen and oxygen atoms in total. The van der Waals surface area contributed by atoms with Gasteiger partial charge in [0.15, 0.2) is 0 Å². The van der Waals surface area contributed by atoms with Gasteiger partial charge in [-0.15, -0.1) is 12.4 Å². The van der Waals surface area contributed by atoms with E-state index in [1.54, 1.807) is 38.6 Å². The number of amides is 4. The van der Waals surface area contributed by atoms with E-state index in [9.17, 15) is 19.2 Å². The van der Waals surface area contributed by atoms with Crippen LogP contribution in [0.5, 0.6) is 0 Å². The predicted molar refractivity (Wildman–Crippen MR) is 150 cm³/mol. The third-order valence-corrected chi connectivity index (χ3v) is 6.54. The minimum absolute atomic E-state index is 0. The lowest BCUT2D eigenvalue weighted by molar-refractivity contribution is -0.137. The minimum atomic E-state index is -0.920. The molecule has 3 aromatic rings. The maximum atomic E-state index is 13.1. The third-order valence-electron chi connectivity index (χ3n) is 6.32. The molecular formula is C26H28Cl2N8O4. The largest absolute Gasteiger partial charge is 0.349 e. The molecule has 0 saturated heterocycles. The first kappa shape index (κ1) is 30.4. The van der Waals surface area contributed by atoms with Gasteiger partial charge < -0.3 is 20.9 Å². The summed E-state index contributed by atoms with van der Waals surface area (Å²) in [5, 5.41) is 8.33. The second kappa shape index (κ2) is 13.8. The molecule has 1 aliphatic rings. The molecule has 40 heavy (non-hydrogen) atoms. The Balaban J connectivity index is 0.00000441. The van der Waals surface area contributed by atoms with Gasteiger partial charge in [0.2, 0.25) is 11.7 Å². The zero-order valence-electron chi connectivity index (χ0n) is 21.7. The van der Waals surface area contributed by atoms with Crippen molar-refractivity contribution in [2.24, 2.45) is 5.92 Å². The van der Waals surface area contributed by atoms with Crippen LogP contribution in [0.3, 0.4) is 0 Å². The first-order chi connectivity index (χ1) is 18.7. The molecule has 14 heteroatoms. The minimum Gasteiger partial charge on any atom is -0.349 e. The van der Waals surface area contributed by atoms with Gasteiger partial charge in [-0.2, -0.15) is 0 Å². The van der Waals surface area contributed by atoms with Crippen LogP contribution in [0.4, 0.5) is 5.82 Å². The molecule has 0 aliphatic heterocycles. The molecule has 1 aliphatic carbocycles. The molecule has 0 aromatic carbocycles. The number of hydrogen-bond donors (Lipinski definition) is 3. The number of hydrogen-bond acceptors (Lipinski definition) is 8. The lowest BCUT2D eigenvalue weighted by Crippen LogP contribution is -2.57. The number of anilines is 1. The summed E-state index contributed by atoms with van der Waals surface area (Å²) >= 11 is 5.80. The Labute approximate surface area is 241 Å². The summed E-state index contributed by atoms with van der Waals surface area (Å²) in [5.74, 6) is -2.72. The number of nitrogens with zero attached hydrogens (tertiary/aromatic N) is 5. The topological polar surface area (TPSA) is 159 Å². The molecule has 4 amide bonds. The number of halogens is 2. The van der Waals surface area contributed by atoms with Gasteiger partial charge in [-0.1, -0.05) is 11.6 Å². The molecule has 3 aromatic heterocycles. The zero-order chi connectivity index (χ0) is 27.9. The van der Waals surface area contributed by atoms with E-state index in [1.165, 1.54) is 35.6 Å². The van der Waals surface area contributed by atoms with Gasteiger partial charge in [0.25, 0.3) is 5.91 Å². The molecule has 1 fully saturated rings. The molecule has 1 saturated carbocycles. The van der Waals surface area contributed by atoms with Gasteiger partial charge in [0, 0.05) is 62.6 Å². The van der Waals surface area contributed by atoms with Crippen LogP contribution in [-0.4, -0.2) is 74.6 Å². The first-order valence-corrected chi connectivity index (χ1v) is 12.6. The highest BCUT2D eigenvalue weighted by molar-refractivity contribution is 6.39. The maximum Gasteiger partial charge on any atom is 0.314 e. The fraction of sp³-hybridized carbons (Fsp3) is 0.308. The molecule has 4 rings (SSSR count). The summed E-state index contributed by atoms with van der Waals surface area (Å²) in [7, 11) is 3.33. The van der Waals surface area contributed by atoms with Gasteiger partial charge in [0.1, 0.15) is 5.82 Å². The monoisotopic (exact) mass is 586 g/mol. The van der Waals surface area contributed by atoms with Crippen LogP contribution in [0.15, 0.2) is 55.2 Å². The Morgan fingerprint density at radius 3 is 2.17 bits per heavy atom. The van der Waals surface area contributed by atoms with Gasteiger partial charge in [-0.05, 0) is 49.1 Å². The summed E-state index contributed by atoms with van der Waals surface area (Å²) in [6, 6.07) is 5.35. The van der Waals surface area contributed by atoms with E-state index < -0.39 is 29.8 Å². The van der Waals surface area contributed by atoms with E-state index in [0.717, 1.165) is 11.1 Å². The van der Waals surface area contributed by atoms with Crippen LogP contribution < -0.4 is 16.0 Å². The van der Waals surface area contributed by atoms with Crippen molar-refractivity contribution in [3.8, 4) is 11.1 Å². The van der Waals surface area contributed by atoms with Crippen molar-refractivity contribution in [3.63, 3.8) is 0 Å². The summed E-state index contributed by atoms with van der Waals surface area (Å²) in [6.07, 6.45) is 8.81. The fourth-order valence-electron chi connectivity index (χ4n) is 4.32. The Bertz CT molecular complexity index is 1340. The molecular weight excluding hydrogens is 559 g/mol. The predicted octanol–water partition coefficient (Wildman–Crippen LogP) is 2.12. The third kappa shape index (κ3) is 7.70. The Morgan fingerprint density at radius 2 is 1.55 bits per heavy atom. The number of carbonyl (C=O) groups excluding carboxylic acids is 4. The van der Waals surface area contributed by atoms with Crippen molar-refractivity contribution in [1.82, 2.24) is 35.5 Å². The van der Waals surface area contributed by atoms with Gasteiger partial charge >= 0.3 is 11.8 Å². The molecule has 3 heterocycles. The van der Waals surface area contributed by atoms with E-state index >= 15 is 0 Å². The number of nitrogens with one attached hydrogen (secondary N) is 3. The van der Waals surface area contributed by atoms with E-state index in [2.05, 4.69) is 35.9 Å². The lowest BCUT2D eigenvalue weighted by atomic mass is 9.81. The normalized spacial score (nSPS) is 18.0. The molecule has 0 radical (unpaired) electrons. The quantitative estimate of drug-likeness (QED) is 0.370. The van der Waals surface area contributed by atoms with Crippen LogP contribution >= 0.6 is 24.0 Å². The second-order valence-corrected chi connectivity index (χ2v) is 9.69. The second-order valence-electron chi connectivity index (χ2n) is 9.25. The van der Waals surface area contributed by atoms with Crippen molar-refractivity contribution in [3.05, 3.63) is 66.1 Å². The maximum absolute atomic E-state index is 13.1. The van der Waals surface area contributed by atoms with Crippen LogP contribution in [-0.2, 0) is 14.4 Å². The summed E-state index contributed by atoms with van der Waals surface area (Å²) < 4.78 is 0. The van der Waals surface area contributed by atoms with E-state index in [0.29, 0.717) is 17.9 Å². The van der Waals surface area contributed by atoms with E-state index in [-0.39, 0.29) is 42.3 Å². The Morgan fingerprint density at radius 1 is 0.850 bits per heavy atom. The Kier molecular flexibility index (Phi) is 10.5. The highest BCUT2D eigenvalue weighted by atomic mass is 35.5. The van der Waals surface area contributed by atoms with Crippen LogP contribution in [0.1, 0.15) is 29.9 Å². The van der Waals surface area contributed by atoms with Gasteiger partial charge in [0.05, 0.1) is 11.1 Å². The number of carbonyl (C=O) groups is 4. The molecule has 0 unspecified atom stereocenters. The van der Waals surface area contributed by atoms with E-state index in [4.69, 9.17) is 11.6 Å². The van der Waals surface area contributed by atoms with Crippen molar-refractivity contribution in [2.75, 3.05) is 19.4 Å². The van der Waals surface area contributed by atoms with Crippen LogP contribution in [0.2, 0.25) is 5.02 Å². The average molecular weight is 587 g/mol. The van der Waals surface area contributed by atoms with Gasteiger partial charge in [-0.25, -0.2) is 15.0 Å². The van der Waals surface area contributed by atoms with Crippen molar-refractivity contribution >= 4 is 53.5 Å². The average Bonchev–Trinajstić information content (AvgIpc) is 2.95. The summed E-state index contributed by atoms with van der Waals surface area (Å²) in [5.41, 5.74) is 1.57. The fourth-order valence-corrected chi connectivity index (χ4v) is 4.43. The molecule has 3 atom stereocenters. The van der Waals surface area contributed by atoms with Crippen LogP contribution in [0, 0.1) is 5.92 Å². The highest BCUT2D eigenvalue weighted by Gasteiger charge is 2.37. The smallest absolute Gasteiger partial charge is 0.314 e. The van der Waals surface area contributed by atoms with E-state index in [1.807, 2.05) is 0 Å². The van der Waals surface area contributed by atoms with Crippen LogP contribution in [0.25, 0.3) is 11.1 Å². The molecule has 0 bridgehead atoms. The standard InChI is InChI=1S/C26H27ClN8O4.ClH/c1-35(2)26(39)16-3-5-19(32-24(37)25(38)34-21-6-4-18(27)14-29-21)20(11-16)33-23(36)22-30-12-17(13-31-22)15-7-9-28-10-8-15;/h4,6-10,12-14,16,19-20H,3,5,11H2,1-2H3,(H,32,37)(H,33,36)(H,29,34,38);1H/t16-,19-,20+;/m0./s1. The number of aromatic nitrogens is 4. The zero-order valence-corrected chi connectivity index (χ0v) is 23.3. The Hall–Kier alpha value is -4.16. The molecule has 3 N–H and O–H groups in total. The highest BCUT2D eigenvalue weighted by Crippen LogP contribution is 2.27. The summed E-state index contributed by atoms with van der Waals surface area (Å²) in [4.78, 5) is 68.6.